The first kappa shape index (κ1) is 14.6. The highest BCUT2D eigenvalue weighted by Gasteiger charge is 2.07. The van der Waals surface area contributed by atoms with Gasteiger partial charge in [-0.15, -0.1) is 0 Å². The molecule has 0 aliphatic rings. The summed E-state index contributed by atoms with van der Waals surface area (Å²) in [5.41, 5.74) is 5.68. The zero-order chi connectivity index (χ0) is 12.6. The van der Waals surface area contributed by atoms with E-state index in [2.05, 4.69) is 10.1 Å². The molecule has 1 amide bonds. The zero-order valence-electron chi connectivity index (χ0n) is 10.1. The summed E-state index contributed by atoms with van der Waals surface area (Å²) in [6.45, 7) is 4.27. The first-order chi connectivity index (χ1) is 7.51. The summed E-state index contributed by atoms with van der Waals surface area (Å²) in [4.78, 5) is 21.8. The molecule has 0 aliphatic heterocycles. The van der Waals surface area contributed by atoms with E-state index in [1.165, 1.54) is 7.11 Å². The lowest BCUT2D eigenvalue weighted by Crippen LogP contribution is -2.31. The summed E-state index contributed by atoms with van der Waals surface area (Å²) < 4.78 is 4.62. The van der Waals surface area contributed by atoms with E-state index < -0.39 is 0 Å². The number of carbonyl (C=O) groups excluding carboxylic acids is 2. The number of methoxy groups -OCH3 is 1. The molecule has 0 radical (unpaired) electrons. The lowest BCUT2D eigenvalue weighted by molar-refractivity contribution is -0.136. The van der Waals surface area contributed by atoms with E-state index in [0.29, 0.717) is 18.5 Å². The van der Waals surface area contributed by atoms with Crippen LogP contribution in [0.15, 0.2) is 11.6 Å². The highest BCUT2D eigenvalue weighted by atomic mass is 16.5. The highest BCUT2D eigenvalue weighted by molar-refractivity contribution is 5.88. The molecule has 0 saturated carbocycles. The monoisotopic (exact) mass is 228 g/mol. The molecule has 0 saturated heterocycles. The first-order valence-corrected chi connectivity index (χ1v) is 5.30. The molecule has 16 heavy (non-hydrogen) atoms. The number of nitrogens with one attached hydrogen (secondary N) is 1. The van der Waals surface area contributed by atoms with Crippen LogP contribution in [0.1, 0.15) is 26.7 Å². The van der Waals surface area contributed by atoms with Crippen molar-refractivity contribution in [3.05, 3.63) is 11.6 Å². The molecule has 5 nitrogen and oxygen atoms in total. The third-order valence-electron chi connectivity index (χ3n) is 2.15. The van der Waals surface area contributed by atoms with Gasteiger partial charge in [-0.05, 0) is 13.3 Å². The normalized spacial score (nSPS) is 13.3. The average Bonchev–Trinajstić information content (AvgIpc) is 2.22. The van der Waals surface area contributed by atoms with Crippen molar-refractivity contribution in [3.8, 4) is 0 Å². The number of carbonyl (C=O) groups is 2. The maximum absolute atomic E-state index is 11.2. The van der Waals surface area contributed by atoms with Crippen molar-refractivity contribution in [1.82, 2.24) is 5.32 Å². The molecule has 0 fully saturated rings. The summed E-state index contributed by atoms with van der Waals surface area (Å²) in [5.74, 6) is -0.653. The second-order valence-corrected chi connectivity index (χ2v) is 3.55. The van der Waals surface area contributed by atoms with E-state index in [0.717, 1.165) is 0 Å². The lowest BCUT2D eigenvalue weighted by atomic mass is 10.2. The number of esters is 1. The molecule has 0 heterocycles. The van der Waals surface area contributed by atoms with Crippen LogP contribution in [0, 0.1) is 0 Å². The number of ether oxygens (including phenoxy) is 1. The average molecular weight is 228 g/mol. The number of primary amides is 1. The van der Waals surface area contributed by atoms with E-state index in [4.69, 9.17) is 5.73 Å². The quantitative estimate of drug-likeness (QED) is 0.486. The van der Waals surface area contributed by atoms with Crippen molar-refractivity contribution in [2.24, 2.45) is 5.73 Å². The fourth-order valence-corrected chi connectivity index (χ4v) is 1.26. The Morgan fingerprint density at radius 1 is 1.50 bits per heavy atom. The number of amides is 1. The lowest BCUT2D eigenvalue weighted by Gasteiger charge is -2.10. The van der Waals surface area contributed by atoms with E-state index >= 15 is 0 Å². The van der Waals surface area contributed by atoms with Crippen molar-refractivity contribution >= 4 is 11.9 Å². The van der Waals surface area contributed by atoms with Crippen molar-refractivity contribution in [2.45, 2.75) is 32.7 Å². The van der Waals surface area contributed by atoms with Crippen LogP contribution in [-0.4, -0.2) is 31.6 Å². The smallest absolute Gasteiger partial charge is 0.333 e. The Bertz CT molecular complexity index is 274. The van der Waals surface area contributed by atoms with Gasteiger partial charge in [0.2, 0.25) is 5.91 Å². The van der Waals surface area contributed by atoms with Crippen LogP contribution in [0.3, 0.4) is 0 Å². The fourth-order valence-electron chi connectivity index (χ4n) is 1.26. The van der Waals surface area contributed by atoms with E-state index in [9.17, 15) is 9.59 Å². The minimum absolute atomic E-state index is 0.00417. The Labute approximate surface area is 96.0 Å². The van der Waals surface area contributed by atoms with Gasteiger partial charge in [-0.1, -0.05) is 13.0 Å². The molecule has 0 aliphatic carbocycles. The third-order valence-corrected chi connectivity index (χ3v) is 2.15. The maximum atomic E-state index is 11.2. The van der Waals surface area contributed by atoms with Crippen LogP contribution in [0.5, 0.6) is 0 Å². The van der Waals surface area contributed by atoms with Gasteiger partial charge in [0, 0.05) is 24.6 Å². The highest BCUT2D eigenvalue weighted by Crippen LogP contribution is 2.02. The fraction of sp³-hybridized carbons (Fsp3) is 0.636. The van der Waals surface area contributed by atoms with Crippen molar-refractivity contribution < 1.29 is 14.3 Å². The van der Waals surface area contributed by atoms with Gasteiger partial charge in [-0.25, -0.2) is 4.79 Å². The SMILES string of the molecule is CCC(=CCNC(C)CC(N)=O)C(=O)OC. The Hall–Kier alpha value is -1.36. The maximum Gasteiger partial charge on any atom is 0.333 e. The van der Waals surface area contributed by atoms with Crippen LogP contribution in [0.25, 0.3) is 0 Å². The molecule has 92 valence electrons. The van der Waals surface area contributed by atoms with Gasteiger partial charge in [0.25, 0.3) is 0 Å². The zero-order valence-corrected chi connectivity index (χ0v) is 10.1. The molecule has 0 aromatic carbocycles. The van der Waals surface area contributed by atoms with E-state index in [1.807, 2.05) is 13.8 Å². The first-order valence-electron chi connectivity index (χ1n) is 5.30. The van der Waals surface area contributed by atoms with Gasteiger partial charge in [-0.3, -0.25) is 4.79 Å². The molecular weight excluding hydrogens is 208 g/mol. The van der Waals surface area contributed by atoms with E-state index in [-0.39, 0.29) is 24.3 Å². The Balaban J connectivity index is 4.05. The number of hydrogen-bond acceptors (Lipinski definition) is 4. The van der Waals surface area contributed by atoms with Crippen LogP contribution < -0.4 is 11.1 Å². The van der Waals surface area contributed by atoms with Crippen LogP contribution in [0.4, 0.5) is 0 Å². The van der Waals surface area contributed by atoms with Gasteiger partial charge in [0.15, 0.2) is 0 Å². The topological polar surface area (TPSA) is 81.4 Å². The largest absolute Gasteiger partial charge is 0.466 e. The number of hydrogen-bond donors (Lipinski definition) is 2. The molecule has 3 N–H and O–H groups in total. The van der Waals surface area contributed by atoms with Crippen LogP contribution in [-0.2, 0) is 14.3 Å². The van der Waals surface area contributed by atoms with Gasteiger partial charge >= 0.3 is 5.97 Å². The van der Waals surface area contributed by atoms with Crippen molar-refractivity contribution in [3.63, 3.8) is 0 Å². The summed E-state index contributed by atoms with van der Waals surface area (Å²) in [7, 11) is 1.36. The molecule has 5 heteroatoms. The van der Waals surface area contributed by atoms with Gasteiger partial charge < -0.3 is 15.8 Å². The standard InChI is InChI=1S/C11H20N2O3/c1-4-9(11(15)16-3)5-6-13-8(2)7-10(12)14/h5,8,13H,4,6-7H2,1-3H3,(H2,12,14). The molecular formula is C11H20N2O3. The predicted octanol–water partition coefficient (Wildman–Crippen LogP) is 0.349. The third kappa shape index (κ3) is 6.19. The molecule has 0 spiro atoms. The molecule has 1 unspecified atom stereocenters. The van der Waals surface area contributed by atoms with Gasteiger partial charge in [-0.2, -0.15) is 0 Å². The molecule has 0 aromatic rings. The van der Waals surface area contributed by atoms with Crippen LogP contribution >= 0.6 is 0 Å². The molecule has 0 aromatic heterocycles. The summed E-state index contributed by atoms with van der Waals surface area (Å²) in [6.07, 6.45) is 2.68. The predicted molar refractivity (Wildman–Crippen MR) is 61.7 cm³/mol. The van der Waals surface area contributed by atoms with Crippen molar-refractivity contribution in [2.75, 3.05) is 13.7 Å². The minimum atomic E-state index is -0.340. The molecule has 1 atom stereocenters. The second kappa shape index (κ2) is 7.87. The molecule has 0 rings (SSSR count). The summed E-state index contributed by atoms with van der Waals surface area (Å²) >= 11 is 0. The number of rotatable bonds is 7. The number of nitrogens with two attached hydrogens (primary N) is 1. The Kier molecular flexibility index (Phi) is 7.20. The van der Waals surface area contributed by atoms with Gasteiger partial charge in [0.05, 0.1) is 7.11 Å². The Morgan fingerprint density at radius 3 is 2.56 bits per heavy atom. The van der Waals surface area contributed by atoms with E-state index in [1.54, 1.807) is 6.08 Å². The molecule has 0 bridgehead atoms. The van der Waals surface area contributed by atoms with Crippen LogP contribution in [0.2, 0.25) is 0 Å². The summed E-state index contributed by atoms with van der Waals surface area (Å²) in [5, 5.41) is 3.07. The minimum Gasteiger partial charge on any atom is -0.466 e. The van der Waals surface area contributed by atoms with Crippen molar-refractivity contribution in [1.29, 1.82) is 0 Å². The Morgan fingerprint density at radius 2 is 2.12 bits per heavy atom. The second-order valence-electron chi connectivity index (χ2n) is 3.55. The van der Waals surface area contributed by atoms with Gasteiger partial charge in [0.1, 0.15) is 0 Å². The summed E-state index contributed by atoms with van der Waals surface area (Å²) in [6, 6.07) is 0.00417.